The van der Waals surface area contributed by atoms with Gasteiger partial charge in [0.05, 0.1) is 22.4 Å². The SMILES string of the molecule is Oc1nc(C2(c3ccc(F)cc3)CC(O)C2)nc2ccccc12. The molecule has 1 saturated carbocycles. The number of para-hydroxylation sites is 1. The number of hydrogen-bond acceptors (Lipinski definition) is 4. The van der Waals surface area contributed by atoms with Gasteiger partial charge in [0, 0.05) is 0 Å². The maximum atomic E-state index is 13.2. The third kappa shape index (κ3) is 2.16. The summed E-state index contributed by atoms with van der Waals surface area (Å²) >= 11 is 0. The molecule has 3 aromatic rings. The number of aliphatic hydroxyl groups is 1. The predicted molar refractivity (Wildman–Crippen MR) is 83.6 cm³/mol. The van der Waals surface area contributed by atoms with E-state index in [0.29, 0.717) is 29.6 Å². The highest BCUT2D eigenvalue weighted by molar-refractivity contribution is 5.83. The van der Waals surface area contributed by atoms with Gasteiger partial charge in [0.1, 0.15) is 11.6 Å². The summed E-state index contributed by atoms with van der Waals surface area (Å²) in [5.41, 5.74) is 0.908. The molecule has 23 heavy (non-hydrogen) atoms. The second kappa shape index (κ2) is 4.99. The lowest BCUT2D eigenvalue weighted by atomic mass is 9.62. The minimum Gasteiger partial charge on any atom is -0.493 e. The van der Waals surface area contributed by atoms with Crippen molar-refractivity contribution >= 4 is 10.9 Å². The molecule has 1 aliphatic rings. The first kappa shape index (κ1) is 14.1. The highest BCUT2D eigenvalue weighted by Gasteiger charge is 2.49. The summed E-state index contributed by atoms with van der Waals surface area (Å²) in [7, 11) is 0. The van der Waals surface area contributed by atoms with E-state index in [4.69, 9.17) is 0 Å². The smallest absolute Gasteiger partial charge is 0.222 e. The third-order valence-corrected chi connectivity index (χ3v) is 4.58. The molecule has 0 bridgehead atoms. The van der Waals surface area contributed by atoms with E-state index in [-0.39, 0.29) is 11.7 Å². The Kier molecular flexibility index (Phi) is 3.06. The van der Waals surface area contributed by atoms with Gasteiger partial charge < -0.3 is 10.2 Å². The Hall–Kier alpha value is -2.53. The molecule has 116 valence electrons. The molecule has 4 rings (SSSR count). The van der Waals surface area contributed by atoms with Gasteiger partial charge in [-0.3, -0.25) is 0 Å². The van der Waals surface area contributed by atoms with Crippen LogP contribution in [-0.4, -0.2) is 26.3 Å². The molecule has 1 aliphatic carbocycles. The van der Waals surface area contributed by atoms with E-state index in [0.717, 1.165) is 5.56 Å². The third-order valence-electron chi connectivity index (χ3n) is 4.58. The Morgan fingerprint density at radius 1 is 1.00 bits per heavy atom. The number of benzene rings is 2. The molecule has 0 spiro atoms. The van der Waals surface area contributed by atoms with Crippen molar-refractivity contribution in [1.29, 1.82) is 0 Å². The highest BCUT2D eigenvalue weighted by Crippen LogP contribution is 2.48. The molecule has 2 aromatic carbocycles. The Morgan fingerprint density at radius 3 is 2.39 bits per heavy atom. The van der Waals surface area contributed by atoms with Crippen molar-refractivity contribution in [2.75, 3.05) is 0 Å². The molecule has 0 radical (unpaired) electrons. The van der Waals surface area contributed by atoms with E-state index in [1.165, 1.54) is 12.1 Å². The lowest BCUT2D eigenvalue weighted by Gasteiger charge is -2.44. The molecule has 2 N–H and O–H groups in total. The van der Waals surface area contributed by atoms with Gasteiger partial charge in [0.15, 0.2) is 0 Å². The van der Waals surface area contributed by atoms with Crippen molar-refractivity contribution in [3.63, 3.8) is 0 Å². The normalized spacial score (nSPS) is 23.7. The molecule has 1 fully saturated rings. The van der Waals surface area contributed by atoms with Crippen LogP contribution in [0.5, 0.6) is 5.88 Å². The number of aromatic nitrogens is 2. The summed E-state index contributed by atoms with van der Waals surface area (Å²) in [6.07, 6.45) is 0.463. The molecular formula is C18H15FN2O2. The molecule has 0 aliphatic heterocycles. The average Bonchev–Trinajstić information content (AvgIpc) is 2.52. The highest BCUT2D eigenvalue weighted by atomic mass is 19.1. The van der Waals surface area contributed by atoms with Gasteiger partial charge >= 0.3 is 0 Å². The molecule has 0 saturated heterocycles. The summed E-state index contributed by atoms with van der Waals surface area (Å²) in [6, 6.07) is 13.4. The number of hydrogen-bond donors (Lipinski definition) is 2. The van der Waals surface area contributed by atoms with Crippen molar-refractivity contribution in [2.24, 2.45) is 0 Å². The van der Waals surface area contributed by atoms with E-state index in [1.807, 2.05) is 18.2 Å². The Bertz CT molecular complexity index is 874. The van der Waals surface area contributed by atoms with Crippen molar-refractivity contribution in [3.8, 4) is 5.88 Å². The Balaban J connectivity index is 1.90. The van der Waals surface area contributed by atoms with Crippen LogP contribution < -0.4 is 0 Å². The van der Waals surface area contributed by atoms with Gasteiger partial charge in [0.2, 0.25) is 5.88 Å². The molecular weight excluding hydrogens is 295 g/mol. The van der Waals surface area contributed by atoms with Crippen LogP contribution in [0.3, 0.4) is 0 Å². The van der Waals surface area contributed by atoms with Crippen molar-refractivity contribution in [2.45, 2.75) is 24.4 Å². The number of rotatable bonds is 2. The zero-order valence-corrected chi connectivity index (χ0v) is 12.3. The molecule has 0 atom stereocenters. The van der Waals surface area contributed by atoms with Gasteiger partial charge in [-0.2, -0.15) is 4.98 Å². The van der Waals surface area contributed by atoms with Gasteiger partial charge in [-0.15, -0.1) is 0 Å². The number of aliphatic hydroxyl groups excluding tert-OH is 1. The monoisotopic (exact) mass is 310 g/mol. The Morgan fingerprint density at radius 2 is 1.70 bits per heavy atom. The lowest BCUT2D eigenvalue weighted by molar-refractivity contribution is 0.0335. The first-order valence-corrected chi connectivity index (χ1v) is 7.49. The minimum absolute atomic E-state index is 0.0755. The summed E-state index contributed by atoms with van der Waals surface area (Å²) < 4.78 is 13.2. The molecule has 4 nitrogen and oxygen atoms in total. The van der Waals surface area contributed by atoms with E-state index >= 15 is 0 Å². The zero-order valence-electron chi connectivity index (χ0n) is 12.3. The Labute approximate surface area is 132 Å². The van der Waals surface area contributed by atoms with Crippen molar-refractivity contribution in [3.05, 3.63) is 65.7 Å². The standard InChI is InChI=1S/C18H15FN2O2/c19-12-7-5-11(6-8-12)18(9-13(22)10-18)17-20-15-4-2-1-3-14(15)16(23)21-17/h1-8,13,22H,9-10H2,(H,20,21,23). The maximum Gasteiger partial charge on any atom is 0.222 e. The van der Waals surface area contributed by atoms with E-state index in [2.05, 4.69) is 9.97 Å². The summed E-state index contributed by atoms with van der Waals surface area (Å²) in [6.45, 7) is 0. The zero-order chi connectivity index (χ0) is 16.0. The summed E-state index contributed by atoms with van der Waals surface area (Å²) in [5, 5.41) is 20.7. The lowest BCUT2D eigenvalue weighted by Crippen LogP contribution is -2.46. The number of fused-ring (bicyclic) bond motifs is 1. The van der Waals surface area contributed by atoms with Crippen LogP contribution in [0.15, 0.2) is 48.5 Å². The summed E-state index contributed by atoms with van der Waals surface area (Å²) in [5.74, 6) is 0.0742. The van der Waals surface area contributed by atoms with Crippen LogP contribution in [0.2, 0.25) is 0 Å². The fraction of sp³-hybridized carbons (Fsp3) is 0.222. The van der Waals surface area contributed by atoms with Gasteiger partial charge in [-0.1, -0.05) is 24.3 Å². The maximum absolute atomic E-state index is 13.2. The topological polar surface area (TPSA) is 66.2 Å². The largest absolute Gasteiger partial charge is 0.493 e. The van der Waals surface area contributed by atoms with Crippen molar-refractivity contribution < 1.29 is 14.6 Å². The first-order valence-electron chi connectivity index (χ1n) is 7.49. The quantitative estimate of drug-likeness (QED) is 0.764. The second-order valence-corrected chi connectivity index (χ2v) is 6.04. The number of halogens is 1. The number of nitrogens with zero attached hydrogens (tertiary/aromatic N) is 2. The number of aromatic hydroxyl groups is 1. The fourth-order valence-electron chi connectivity index (χ4n) is 3.33. The van der Waals surface area contributed by atoms with Gasteiger partial charge in [-0.05, 0) is 42.7 Å². The molecule has 0 amide bonds. The first-order chi connectivity index (χ1) is 11.1. The second-order valence-electron chi connectivity index (χ2n) is 6.04. The summed E-state index contributed by atoms with van der Waals surface area (Å²) in [4.78, 5) is 8.86. The van der Waals surface area contributed by atoms with Crippen LogP contribution in [-0.2, 0) is 5.41 Å². The molecule has 1 aromatic heterocycles. The van der Waals surface area contributed by atoms with Gasteiger partial charge in [0.25, 0.3) is 0 Å². The minimum atomic E-state index is -0.589. The fourth-order valence-corrected chi connectivity index (χ4v) is 3.33. The average molecular weight is 310 g/mol. The molecule has 1 heterocycles. The van der Waals surface area contributed by atoms with Crippen LogP contribution in [0.25, 0.3) is 10.9 Å². The van der Waals surface area contributed by atoms with E-state index in [1.54, 1.807) is 18.2 Å². The van der Waals surface area contributed by atoms with Crippen molar-refractivity contribution in [1.82, 2.24) is 9.97 Å². The van der Waals surface area contributed by atoms with Crippen LogP contribution in [0.1, 0.15) is 24.2 Å². The van der Waals surface area contributed by atoms with E-state index < -0.39 is 11.5 Å². The molecule has 0 unspecified atom stereocenters. The van der Waals surface area contributed by atoms with Gasteiger partial charge in [-0.25, -0.2) is 9.37 Å². The predicted octanol–water partition coefficient (Wildman–Crippen LogP) is 2.92. The van der Waals surface area contributed by atoms with Crippen LogP contribution in [0.4, 0.5) is 4.39 Å². The van der Waals surface area contributed by atoms with E-state index in [9.17, 15) is 14.6 Å². The van der Waals surface area contributed by atoms with Crippen LogP contribution >= 0.6 is 0 Å². The molecule has 5 heteroatoms. The van der Waals surface area contributed by atoms with Crippen LogP contribution in [0, 0.1) is 5.82 Å².